The van der Waals surface area contributed by atoms with E-state index >= 15 is 0 Å². The first-order valence-corrected chi connectivity index (χ1v) is 8.78. The number of fused-ring (bicyclic) bond motifs is 1. The Kier molecular flexibility index (Phi) is 5.00. The van der Waals surface area contributed by atoms with Crippen LogP contribution in [0.25, 0.3) is 22.4 Å². The zero-order chi connectivity index (χ0) is 19.7. The molecule has 1 aromatic carbocycles. The van der Waals surface area contributed by atoms with E-state index in [-0.39, 0.29) is 27.6 Å². The van der Waals surface area contributed by atoms with E-state index in [0.29, 0.717) is 11.3 Å². The van der Waals surface area contributed by atoms with Gasteiger partial charge in [0.2, 0.25) is 0 Å². The van der Waals surface area contributed by atoms with Gasteiger partial charge in [0, 0.05) is 19.7 Å². The maximum absolute atomic E-state index is 12.6. The molecule has 9 nitrogen and oxygen atoms in total. The van der Waals surface area contributed by atoms with E-state index < -0.39 is 17.2 Å². The lowest BCUT2D eigenvalue weighted by Gasteiger charge is -2.12. The third-order valence-electron chi connectivity index (χ3n) is 3.93. The number of aliphatic carboxylic acids is 1. The molecule has 140 valence electrons. The van der Waals surface area contributed by atoms with Gasteiger partial charge < -0.3 is 9.84 Å². The first-order chi connectivity index (χ1) is 12.8. The number of aryl methyl sites for hydroxylation is 1. The van der Waals surface area contributed by atoms with E-state index in [1.54, 1.807) is 24.3 Å². The van der Waals surface area contributed by atoms with Crippen molar-refractivity contribution in [3.05, 3.63) is 45.1 Å². The van der Waals surface area contributed by atoms with Crippen molar-refractivity contribution in [1.29, 1.82) is 0 Å². The Hall–Kier alpha value is -3.14. The van der Waals surface area contributed by atoms with Crippen LogP contribution in [0.5, 0.6) is 5.75 Å². The molecule has 2 aromatic heterocycles. The highest BCUT2D eigenvalue weighted by Gasteiger charge is 2.19. The summed E-state index contributed by atoms with van der Waals surface area (Å²) in [7, 11) is 4.38. The van der Waals surface area contributed by atoms with E-state index in [4.69, 9.17) is 9.84 Å². The molecule has 1 N–H and O–H groups in total. The number of thioether (sulfide) groups is 1. The summed E-state index contributed by atoms with van der Waals surface area (Å²) in [5.74, 6) is -0.474. The minimum atomic E-state index is -1.05. The topological polar surface area (TPSA) is 116 Å². The van der Waals surface area contributed by atoms with Gasteiger partial charge in [0.25, 0.3) is 5.56 Å². The highest BCUT2D eigenvalue weighted by molar-refractivity contribution is 8.00. The summed E-state index contributed by atoms with van der Waals surface area (Å²) in [6, 6.07) is 6.99. The molecule has 0 spiro atoms. The minimum Gasteiger partial charge on any atom is -0.497 e. The van der Waals surface area contributed by atoms with Crippen LogP contribution in [-0.4, -0.2) is 43.0 Å². The van der Waals surface area contributed by atoms with Crippen molar-refractivity contribution in [3.8, 4) is 17.1 Å². The molecule has 0 unspecified atom stereocenters. The average molecular weight is 388 g/mol. The fourth-order valence-electron chi connectivity index (χ4n) is 2.55. The van der Waals surface area contributed by atoms with E-state index in [9.17, 15) is 14.4 Å². The van der Waals surface area contributed by atoms with Gasteiger partial charge >= 0.3 is 11.7 Å². The zero-order valence-electron chi connectivity index (χ0n) is 14.8. The molecule has 3 rings (SSSR count). The molecule has 0 saturated heterocycles. The van der Waals surface area contributed by atoms with E-state index in [1.807, 2.05) is 0 Å². The van der Waals surface area contributed by atoms with Crippen molar-refractivity contribution in [3.63, 3.8) is 0 Å². The third-order valence-corrected chi connectivity index (χ3v) is 4.89. The van der Waals surface area contributed by atoms with Crippen LogP contribution in [0.1, 0.15) is 0 Å². The number of carboxylic acids is 1. The highest BCUT2D eigenvalue weighted by Crippen LogP contribution is 2.27. The Bertz CT molecular complexity index is 1170. The molecule has 0 aliphatic heterocycles. The van der Waals surface area contributed by atoms with Crippen LogP contribution in [0.2, 0.25) is 0 Å². The number of nitrogens with zero attached hydrogens (tertiary/aromatic N) is 4. The molecule has 3 aromatic rings. The van der Waals surface area contributed by atoms with Crippen molar-refractivity contribution < 1.29 is 14.6 Å². The van der Waals surface area contributed by atoms with Gasteiger partial charge in [-0.25, -0.2) is 14.8 Å². The summed E-state index contributed by atoms with van der Waals surface area (Å²) in [6.45, 7) is 0. The molecule has 0 saturated carbocycles. The number of carboxylic acid groups (broad SMARTS) is 1. The molecular formula is C17H16N4O5S. The summed E-state index contributed by atoms with van der Waals surface area (Å²) in [5, 5.41) is 9.32. The second-order valence-corrected chi connectivity index (χ2v) is 6.64. The number of hydrogen-bond acceptors (Lipinski definition) is 7. The molecule has 0 fully saturated rings. The lowest BCUT2D eigenvalue weighted by Crippen LogP contribution is -2.37. The number of rotatable bonds is 5. The van der Waals surface area contributed by atoms with Crippen LogP contribution >= 0.6 is 11.8 Å². The fraction of sp³-hybridized carbons (Fsp3) is 0.235. The molecule has 0 bridgehead atoms. The first kappa shape index (κ1) is 18.6. The molecule has 0 amide bonds. The van der Waals surface area contributed by atoms with Gasteiger partial charge in [-0.2, -0.15) is 0 Å². The minimum absolute atomic E-state index is 0.109. The molecule has 0 radical (unpaired) electrons. The van der Waals surface area contributed by atoms with Crippen LogP contribution in [-0.2, 0) is 18.9 Å². The number of methoxy groups -OCH3 is 1. The van der Waals surface area contributed by atoms with Crippen LogP contribution in [0.4, 0.5) is 0 Å². The fourth-order valence-corrected chi connectivity index (χ4v) is 3.29. The van der Waals surface area contributed by atoms with Crippen molar-refractivity contribution >= 4 is 28.8 Å². The standard InChI is InChI=1S/C17H16N4O5S/c1-20-14-12(16(24)21(2)17(20)25)15(27-8-11(22)23)19-13(18-14)9-5-4-6-10(7-9)26-3/h4-7H,8H2,1-3H3,(H,22,23). The summed E-state index contributed by atoms with van der Waals surface area (Å²) < 4.78 is 7.39. The quantitative estimate of drug-likeness (QED) is 0.506. The van der Waals surface area contributed by atoms with Gasteiger partial charge in [-0.05, 0) is 12.1 Å². The number of aromatic nitrogens is 4. The monoisotopic (exact) mass is 388 g/mol. The van der Waals surface area contributed by atoms with Crippen LogP contribution < -0.4 is 16.0 Å². The van der Waals surface area contributed by atoms with Crippen LogP contribution in [0.15, 0.2) is 38.9 Å². The van der Waals surface area contributed by atoms with Crippen molar-refractivity contribution in [2.75, 3.05) is 12.9 Å². The number of carbonyl (C=O) groups is 1. The van der Waals surface area contributed by atoms with Gasteiger partial charge in [0.1, 0.15) is 16.2 Å². The van der Waals surface area contributed by atoms with Gasteiger partial charge in [-0.15, -0.1) is 0 Å². The molecule has 27 heavy (non-hydrogen) atoms. The molecule has 2 heterocycles. The number of hydrogen-bond donors (Lipinski definition) is 1. The summed E-state index contributed by atoms with van der Waals surface area (Å²) >= 11 is 0.904. The Morgan fingerprint density at radius 1 is 1.22 bits per heavy atom. The Morgan fingerprint density at radius 3 is 2.63 bits per heavy atom. The second-order valence-electron chi connectivity index (χ2n) is 5.67. The Labute approximate surface area is 157 Å². The first-order valence-electron chi connectivity index (χ1n) is 7.80. The highest BCUT2D eigenvalue weighted by atomic mass is 32.2. The SMILES string of the molecule is COc1cccc(-c2nc(SCC(=O)O)c3c(=O)n(C)c(=O)n(C)c3n2)c1. The summed E-state index contributed by atoms with van der Waals surface area (Å²) in [6.07, 6.45) is 0. The molecule has 10 heteroatoms. The lowest BCUT2D eigenvalue weighted by atomic mass is 10.2. The second kappa shape index (κ2) is 7.23. The summed E-state index contributed by atoms with van der Waals surface area (Å²) in [5.41, 5.74) is -0.347. The smallest absolute Gasteiger partial charge is 0.332 e. The van der Waals surface area contributed by atoms with E-state index in [2.05, 4.69) is 9.97 Å². The summed E-state index contributed by atoms with van der Waals surface area (Å²) in [4.78, 5) is 44.7. The van der Waals surface area contributed by atoms with Crippen LogP contribution in [0.3, 0.4) is 0 Å². The number of ether oxygens (including phenoxy) is 1. The predicted octanol–water partition coefficient (Wildman–Crippen LogP) is 0.879. The van der Waals surface area contributed by atoms with Crippen LogP contribution in [0, 0.1) is 0 Å². The largest absolute Gasteiger partial charge is 0.497 e. The molecule has 0 atom stereocenters. The van der Waals surface area contributed by atoms with Crippen molar-refractivity contribution in [2.24, 2.45) is 14.1 Å². The average Bonchev–Trinajstić information content (AvgIpc) is 2.68. The maximum atomic E-state index is 12.6. The van der Waals surface area contributed by atoms with Gasteiger partial charge in [-0.1, -0.05) is 23.9 Å². The number of benzene rings is 1. The Balaban J connectivity index is 2.35. The van der Waals surface area contributed by atoms with E-state index in [1.165, 1.54) is 25.8 Å². The molecule has 0 aliphatic carbocycles. The molecular weight excluding hydrogens is 372 g/mol. The van der Waals surface area contributed by atoms with Gasteiger partial charge in [0.15, 0.2) is 11.5 Å². The third kappa shape index (κ3) is 3.43. The van der Waals surface area contributed by atoms with Gasteiger partial charge in [0.05, 0.1) is 12.9 Å². The van der Waals surface area contributed by atoms with Gasteiger partial charge in [-0.3, -0.25) is 18.7 Å². The van der Waals surface area contributed by atoms with E-state index in [0.717, 1.165) is 16.3 Å². The van der Waals surface area contributed by atoms with Crippen molar-refractivity contribution in [2.45, 2.75) is 5.03 Å². The Morgan fingerprint density at radius 2 is 1.96 bits per heavy atom. The normalized spacial score (nSPS) is 10.9. The predicted molar refractivity (Wildman–Crippen MR) is 100 cm³/mol. The van der Waals surface area contributed by atoms with Crippen molar-refractivity contribution in [1.82, 2.24) is 19.1 Å². The zero-order valence-corrected chi connectivity index (χ0v) is 15.6. The lowest BCUT2D eigenvalue weighted by molar-refractivity contribution is -0.133. The maximum Gasteiger partial charge on any atom is 0.332 e. The molecule has 0 aliphatic rings.